The third kappa shape index (κ3) is 8.04. The predicted molar refractivity (Wildman–Crippen MR) is 128 cm³/mol. The van der Waals surface area contributed by atoms with Crippen LogP contribution in [0.4, 0.5) is 0 Å². The van der Waals surface area contributed by atoms with E-state index in [9.17, 15) is 9.59 Å². The SMILES string of the molecule is CCCCC(CC)Cn1ccc(=O)c(Oc2cn(CC(CC)CCCC)ccc2=O)c1. The van der Waals surface area contributed by atoms with Gasteiger partial charge in [-0.1, -0.05) is 66.2 Å². The fraction of sp³-hybridized carbons (Fsp3) is 0.615. The van der Waals surface area contributed by atoms with E-state index < -0.39 is 0 Å². The Morgan fingerprint density at radius 2 is 1.16 bits per heavy atom. The fourth-order valence-corrected chi connectivity index (χ4v) is 3.94. The molecule has 2 aromatic rings. The smallest absolute Gasteiger partial charge is 0.224 e. The van der Waals surface area contributed by atoms with Crippen LogP contribution < -0.4 is 15.6 Å². The number of pyridine rings is 2. The summed E-state index contributed by atoms with van der Waals surface area (Å²) in [6, 6.07) is 3.06. The normalized spacial score (nSPS) is 13.2. The molecule has 0 aromatic carbocycles. The molecule has 2 aromatic heterocycles. The first-order valence-electron chi connectivity index (χ1n) is 12.1. The number of nitrogens with zero attached hydrogens (tertiary/aromatic N) is 2. The molecule has 0 bridgehead atoms. The largest absolute Gasteiger partial charge is 0.446 e. The van der Waals surface area contributed by atoms with E-state index in [0.717, 1.165) is 25.9 Å². The van der Waals surface area contributed by atoms with E-state index >= 15 is 0 Å². The van der Waals surface area contributed by atoms with E-state index in [1.54, 1.807) is 12.4 Å². The van der Waals surface area contributed by atoms with Crippen molar-refractivity contribution >= 4 is 0 Å². The van der Waals surface area contributed by atoms with Gasteiger partial charge in [0.1, 0.15) is 0 Å². The third-order valence-corrected chi connectivity index (χ3v) is 6.13. The average Bonchev–Trinajstić information content (AvgIpc) is 2.78. The van der Waals surface area contributed by atoms with Gasteiger partial charge in [0.2, 0.25) is 10.9 Å². The van der Waals surface area contributed by atoms with E-state index in [1.165, 1.54) is 50.7 Å². The summed E-state index contributed by atoms with van der Waals surface area (Å²) >= 11 is 0. The van der Waals surface area contributed by atoms with Crippen molar-refractivity contribution in [3.05, 3.63) is 57.4 Å². The highest BCUT2D eigenvalue weighted by Gasteiger charge is 2.12. The van der Waals surface area contributed by atoms with Gasteiger partial charge in [0.25, 0.3) is 0 Å². The van der Waals surface area contributed by atoms with Gasteiger partial charge in [0.15, 0.2) is 11.5 Å². The summed E-state index contributed by atoms with van der Waals surface area (Å²) in [5.41, 5.74) is -0.413. The van der Waals surface area contributed by atoms with Crippen LogP contribution in [0.1, 0.15) is 79.1 Å². The molecule has 31 heavy (non-hydrogen) atoms. The van der Waals surface area contributed by atoms with E-state index in [2.05, 4.69) is 27.7 Å². The van der Waals surface area contributed by atoms with Gasteiger partial charge in [-0.25, -0.2) is 0 Å². The maximum absolute atomic E-state index is 12.4. The Morgan fingerprint density at radius 3 is 1.52 bits per heavy atom. The summed E-state index contributed by atoms with van der Waals surface area (Å²) in [5.74, 6) is 1.55. The van der Waals surface area contributed by atoms with Crippen molar-refractivity contribution in [2.45, 2.75) is 92.2 Å². The Balaban J connectivity index is 2.17. The van der Waals surface area contributed by atoms with Gasteiger partial charge < -0.3 is 13.9 Å². The number of hydrogen-bond donors (Lipinski definition) is 0. The first-order valence-corrected chi connectivity index (χ1v) is 12.1. The second kappa shape index (κ2) is 13.2. The lowest BCUT2D eigenvalue weighted by Crippen LogP contribution is -2.16. The Kier molecular flexibility index (Phi) is 10.6. The van der Waals surface area contributed by atoms with Crippen molar-refractivity contribution in [2.24, 2.45) is 11.8 Å². The Bertz CT molecular complexity index is 827. The molecule has 2 rings (SSSR count). The zero-order chi connectivity index (χ0) is 22.6. The fourth-order valence-electron chi connectivity index (χ4n) is 3.94. The molecule has 172 valence electrons. The van der Waals surface area contributed by atoms with Crippen LogP contribution in [0.3, 0.4) is 0 Å². The molecule has 0 radical (unpaired) electrons. The molecule has 0 aliphatic heterocycles. The van der Waals surface area contributed by atoms with Crippen LogP contribution in [-0.4, -0.2) is 9.13 Å². The second-order valence-corrected chi connectivity index (χ2v) is 8.68. The van der Waals surface area contributed by atoms with Crippen molar-refractivity contribution in [1.82, 2.24) is 9.13 Å². The quantitative estimate of drug-likeness (QED) is 0.358. The molecule has 0 amide bonds. The van der Waals surface area contributed by atoms with Crippen LogP contribution in [0.25, 0.3) is 0 Å². The van der Waals surface area contributed by atoms with Gasteiger partial charge in [0, 0.05) is 37.6 Å². The molecule has 0 fully saturated rings. The summed E-state index contributed by atoms with van der Waals surface area (Å²) in [7, 11) is 0. The molecule has 5 heteroatoms. The number of rotatable bonds is 14. The van der Waals surface area contributed by atoms with E-state index in [0.29, 0.717) is 11.8 Å². The number of ether oxygens (including phenoxy) is 1. The van der Waals surface area contributed by atoms with Gasteiger partial charge in [-0.2, -0.15) is 0 Å². The number of unbranched alkanes of at least 4 members (excludes halogenated alkanes) is 2. The van der Waals surface area contributed by atoms with Crippen molar-refractivity contribution in [3.8, 4) is 11.5 Å². The van der Waals surface area contributed by atoms with Crippen molar-refractivity contribution < 1.29 is 4.74 Å². The van der Waals surface area contributed by atoms with Crippen LogP contribution >= 0.6 is 0 Å². The topological polar surface area (TPSA) is 53.2 Å². The highest BCUT2D eigenvalue weighted by atomic mass is 16.5. The van der Waals surface area contributed by atoms with Crippen molar-refractivity contribution in [1.29, 1.82) is 0 Å². The Labute approximate surface area is 187 Å². The molecule has 0 aliphatic rings. The van der Waals surface area contributed by atoms with Gasteiger partial charge in [-0.3, -0.25) is 9.59 Å². The molecule has 0 aliphatic carbocycles. The summed E-state index contributed by atoms with van der Waals surface area (Å²) < 4.78 is 9.87. The number of hydrogen-bond acceptors (Lipinski definition) is 3. The maximum atomic E-state index is 12.4. The molecular weight excluding hydrogens is 388 g/mol. The lowest BCUT2D eigenvalue weighted by Gasteiger charge is -2.18. The summed E-state index contributed by atoms with van der Waals surface area (Å²) in [6.45, 7) is 10.5. The Morgan fingerprint density at radius 1 is 0.742 bits per heavy atom. The predicted octanol–water partition coefficient (Wildman–Crippen LogP) is 6.24. The highest BCUT2D eigenvalue weighted by molar-refractivity contribution is 5.27. The lowest BCUT2D eigenvalue weighted by atomic mass is 9.99. The minimum Gasteiger partial charge on any atom is -0.446 e. The van der Waals surface area contributed by atoms with Crippen LogP contribution in [0.5, 0.6) is 11.5 Å². The first-order chi connectivity index (χ1) is 15.0. The third-order valence-electron chi connectivity index (χ3n) is 6.13. The van der Waals surface area contributed by atoms with Crippen molar-refractivity contribution in [2.75, 3.05) is 0 Å². The van der Waals surface area contributed by atoms with Crippen LogP contribution in [0, 0.1) is 11.8 Å². The van der Waals surface area contributed by atoms with Gasteiger partial charge in [0.05, 0.1) is 12.4 Å². The first kappa shape index (κ1) is 25.0. The molecule has 2 unspecified atom stereocenters. The molecule has 2 atom stereocenters. The van der Waals surface area contributed by atoms with Crippen LogP contribution in [-0.2, 0) is 13.1 Å². The molecule has 0 spiro atoms. The number of aromatic nitrogens is 2. The lowest BCUT2D eigenvalue weighted by molar-refractivity contribution is 0.378. The van der Waals surface area contributed by atoms with E-state index in [1.807, 2.05) is 21.5 Å². The van der Waals surface area contributed by atoms with Gasteiger partial charge in [-0.15, -0.1) is 0 Å². The highest BCUT2D eigenvalue weighted by Crippen LogP contribution is 2.19. The van der Waals surface area contributed by atoms with Crippen molar-refractivity contribution in [3.63, 3.8) is 0 Å². The molecule has 0 saturated heterocycles. The zero-order valence-electron chi connectivity index (χ0n) is 19.8. The second-order valence-electron chi connectivity index (χ2n) is 8.68. The molecule has 0 saturated carbocycles. The molecule has 2 heterocycles. The summed E-state index contributed by atoms with van der Waals surface area (Å²) in [4.78, 5) is 24.8. The van der Waals surface area contributed by atoms with Crippen LogP contribution in [0.2, 0.25) is 0 Å². The zero-order valence-corrected chi connectivity index (χ0v) is 19.8. The van der Waals surface area contributed by atoms with E-state index in [4.69, 9.17) is 4.74 Å². The van der Waals surface area contributed by atoms with Gasteiger partial charge in [-0.05, 0) is 24.7 Å². The van der Waals surface area contributed by atoms with Gasteiger partial charge >= 0.3 is 0 Å². The molecule has 0 N–H and O–H groups in total. The average molecular weight is 429 g/mol. The molecule has 5 nitrogen and oxygen atoms in total. The molecular formula is C26H40N2O3. The van der Waals surface area contributed by atoms with E-state index in [-0.39, 0.29) is 22.4 Å². The standard InChI is InChI=1S/C26H40N2O3/c1-5-9-11-21(7-3)17-27-15-13-23(29)25(19-27)31-26-20-28(16-14-24(26)30)18-22(8-4)12-10-6-2/h13-16,19-22H,5-12,17-18H2,1-4H3. The Hall–Kier alpha value is -2.30. The van der Waals surface area contributed by atoms with Crippen LogP contribution in [0.15, 0.2) is 46.5 Å². The minimum absolute atomic E-state index is 0.206. The summed E-state index contributed by atoms with van der Waals surface area (Å²) in [5, 5.41) is 0. The minimum atomic E-state index is -0.206. The monoisotopic (exact) mass is 428 g/mol. The maximum Gasteiger partial charge on any atom is 0.224 e. The summed E-state index contributed by atoms with van der Waals surface area (Å²) in [6.07, 6.45) is 16.5.